The van der Waals surface area contributed by atoms with Crippen LogP contribution in [0.25, 0.3) is 22.0 Å². The van der Waals surface area contributed by atoms with E-state index in [9.17, 15) is 14.4 Å². The molecule has 0 bridgehead atoms. The summed E-state index contributed by atoms with van der Waals surface area (Å²) < 4.78 is 0. The number of primary amides is 1. The van der Waals surface area contributed by atoms with E-state index < -0.39 is 11.8 Å². The molecule has 0 aliphatic rings. The van der Waals surface area contributed by atoms with E-state index >= 15 is 0 Å². The first-order valence-corrected chi connectivity index (χ1v) is 9.69. The normalized spacial score (nSPS) is 10.8. The van der Waals surface area contributed by atoms with Gasteiger partial charge in [-0.2, -0.15) is 0 Å². The summed E-state index contributed by atoms with van der Waals surface area (Å²) in [6, 6.07) is 17.7. The second kappa shape index (κ2) is 7.37. The summed E-state index contributed by atoms with van der Waals surface area (Å²) in [4.78, 5) is 40.8. The molecule has 7 heteroatoms. The second-order valence-corrected chi connectivity index (χ2v) is 7.74. The van der Waals surface area contributed by atoms with Crippen molar-refractivity contribution in [1.29, 1.82) is 0 Å². The summed E-state index contributed by atoms with van der Waals surface area (Å²) in [5, 5.41) is 3.76. The third kappa shape index (κ3) is 3.43. The number of carbonyl (C=O) groups excluding carboxylic acids is 2. The monoisotopic (exact) mass is 403 g/mol. The Kier molecular flexibility index (Phi) is 4.74. The number of hydrogen-bond donors (Lipinski definition) is 3. The lowest BCUT2D eigenvalue weighted by atomic mass is 10.0. The number of H-pyrrole nitrogens is 1. The highest BCUT2D eigenvalue weighted by Crippen LogP contribution is 2.39. The Hall–Kier alpha value is -3.71. The Bertz CT molecular complexity index is 1310. The van der Waals surface area contributed by atoms with E-state index in [1.165, 1.54) is 17.4 Å². The number of fused-ring (bicyclic) bond motifs is 1. The summed E-state index contributed by atoms with van der Waals surface area (Å²) in [5.74, 6) is -1.10. The van der Waals surface area contributed by atoms with Gasteiger partial charge in [0.25, 0.3) is 11.8 Å². The molecular formula is C22H17N3O3S. The van der Waals surface area contributed by atoms with Gasteiger partial charge in [0.15, 0.2) is 0 Å². The first kappa shape index (κ1) is 18.6. The van der Waals surface area contributed by atoms with Crippen LogP contribution in [0.15, 0.2) is 65.5 Å². The molecule has 0 unspecified atom stereocenters. The minimum atomic E-state index is -0.626. The van der Waals surface area contributed by atoms with E-state index in [2.05, 4.69) is 10.3 Å². The van der Waals surface area contributed by atoms with E-state index in [-0.39, 0.29) is 16.7 Å². The number of nitrogens with one attached hydrogen (secondary N) is 2. The smallest absolute Gasteiger partial charge is 0.257 e. The summed E-state index contributed by atoms with van der Waals surface area (Å²) in [7, 11) is 0. The van der Waals surface area contributed by atoms with Crippen molar-refractivity contribution in [2.45, 2.75) is 6.92 Å². The number of aromatic amines is 1. The molecular weight excluding hydrogens is 386 g/mol. The maximum absolute atomic E-state index is 13.0. The number of carbonyl (C=O) groups is 2. The average molecular weight is 403 g/mol. The molecule has 0 atom stereocenters. The number of aryl methyl sites for hydroxylation is 1. The molecule has 2 aromatic carbocycles. The molecule has 0 aliphatic carbocycles. The van der Waals surface area contributed by atoms with Gasteiger partial charge in [0, 0.05) is 27.4 Å². The van der Waals surface area contributed by atoms with Crippen molar-refractivity contribution in [2.24, 2.45) is 5.73 Å². The molecule has 2 amide bonds. The number of thiophene rings is 1. The number of nitrogens with two attached hydrogens (primary N) is 1. The van der Waals surface area contributed by atoms with Gasteiger partial charge in [-0.15, -0.1) is 11.3 Å². The first-order chi connectivity index (χ1) is 14.0. The Labute approximate surface area is 170 Å². The average Bonchev–Trinajstić information content (AvgIpc) is 3.03. The van der Waals surface area contributed by atoms with Crippen LogP contribution in [0.4, 0.5) is 5.00 Å². The molecule has 6 nitrogen and oxygen atoms in total. The van der Waals surface area contributed by atoms with Gasteiger partial charge >= 0.3 is 0 Å². The lowest BCUT2D eigenvalue weighted by Gasteiger charge is -2.09. The van der Waals surface area contributed by atoms with Gasteiger partial charge in [0.05, 0.1) is 11.1 Å². The number of pyridine rings is 1. The fraction of sp³-hybridized carbons (Fsp3) is 0.0455. The fourth-order valence-corrected chi connectivity index (χ4v) is 4.46. The quantitative estimate of drug-likeness (QED) is 0.481. The van der Waals surface area contributed by atoms with Gasteiger partial charge in [-0.05, 0) is 18.6 Å². The molecule has 4 aromatic rings. The number of aromatic nitrogens is 1. The molecule has 0 spiro atoms. The number of anilines is 1. The van der Waals surface area contributed by atoms with Crippen LogP contribution in [0.5, 0.6) is 0 Å². The zero-order chi connectivity index (χ0) is 20.5. The maximum Gasteiger partial charge on any atom is 0.257 e. The lowest BCUT2D eigenvalue weighted by molar-refractivity contribution is 0.100. The molecule has 2 aromatic heterocycles. The largest absolute Gasteiger partial charge is 0.365 e. The molecule has 0 radical (unpaired) electrons. The van der Waals surface area contributed by atoms with Gasteiger partial charge in [-0.25, -0.2) is 0 Å². The summed E-state index contributed by atoms with van der Waals surface area (Å²) in [6.45, 7) is 1.87. The van der Waals surface area contributed by atoms with Crippen LogP contribution in [0, 0.1) is 6.92 Å². The zero-order valence-electron chi connectivity index (χ0n) is 15.5. The maximum atomic E-state index is 13.0. The van der Waals surface area contributed by atoms with Crippen molar-refractivity contribution in [3.05, 3.63) is 87.0 Å². The molecule has 4 rings (SSSR count). The standard InChI is InChI=1S/C22H17N3O3S/c1-12-18(13-7-3-2-4-8-13)19(20(23)27)22(29-12)25-21(28)15-11-17(26)24-16-10-6-5-9-14(15)16/h2-11H,1H3,(H2,23,27)(H,24,26)(H,25,28). The van der Waals surface area contributed by atoms with Crippen LogP contribution in [0.3, 0.4) is 0 Å². The van der Waals surface area contributed by atoms with Gasteiger partial charge in [-0.3, -0.25) is 14.4 Å². The van der Waals surface area contributed by atoms with Gasteiger partial charge in [0.2, 0.25) is 5.56 Å². The minimum absolute atomic E-state index is 0.229. The highest BCUT2D eigenvalue weighted by atomic mass is 32.1. The molecule has 4 N–H and O–H groups in total. The van der Waals surface area contributed by atoms with Crippen LogP contribution in [0.2, 0.25) is 0 Å². The van der Waals surface area contributed by atoms with E-state index in [0.29, 0.717) is 21.5 Å². The molecule has 0 saturated heterocycles. The van der Waals surface area contributed by atoms with Crippen LogP contribution >= 0.6 is 11.3 Å². The highest BCUT2D eigenvalue weighted by Gasteiger charge is 2.23. The SMILES string of the molecule is Cc1sc(NC(=O)c2cc(=O)[nH]c3ccccc23)c(C(N)=O)c1-c1ccccc1. The second-order valence-electron chi connectivity index (χ2n) is 6.51. The molecule has 29 heavy (non-hydrogen) atoms. The topological polar surface area (TPSA) is 105 Å². The Morgan fingerprint density at radius 2 is 1.72 bits per heavy atom. The predicted octanol–water partition coefficient (Wildman–Crippen LogP) is 3.92. The van der Waals surface area contributed by atoms with E-state index in [4.69, 9.17) is 5.73 Å². The van der Waals surface area contributed by atoms with E-state index in [0.717, 1.165) is 10.4 Å². The summed E-state index contributed by atoms with van der Waals surface area (Å²) in [6.07, 6.45) is 0. The number of rotatable bonds is 4. The van der Waals surface area contributed by atoms with Crippen LogP contribution in [0.1, 0.15) is 25.6 Å². The van der Waals surface area contributed by atoms with Crippen molar-refractivity contribution in [3.8, 4) is 11.1 Å². The van der Waals surface area contributed by atoms with Crippen molar-refractivity contribution in [3.63, 3.8) is 0 Å². The lowest BCUT2D eigenvalue weighted by Crippen LogP contribution is -2.19. The van der Waals surface area contributed by atoms with Crippen molar-refractivity contribution in [1.82, 2.24) is 4.98 Å². The van der Waals surface area contributed by atoms with Gasteiger partial charge < -0.3 is 16.0 Å². The molecule has 144 valence electrons. The summed E-state index contributed by atoms with van der Waals surface area (Å²) >= 11 is 1.28. The van der Waals surface area contributed by atoms with E-state index in [1.54, 1.807) is 24.3 Å². The highest BCUT2D eigenvalue weighted by molar-refractivity contribution is 7.17. The van der Waals surface area contributed by atoms with E-state index in [1.807, 2.05) is 37.3 Å². The Morgan fingerprint density at radius 1 is 1.03 bits per heavy atom. The van der Waals surface area contributed by atoms with Crippen LogP contribution < -0.4 is 16.6 Å². The van der Waals surface area contributed by atoms with Gasteiger partial charge in [-0.1, -0.05) is 48.5 Å². The Morgan fingerprint density at radius 3 is 2.45 bits per heavy atom. The summed E-state index contributed by atoms with van der Waals surface area (Å²) in [5.41, 5.74) is 7.88. The molecule has 0 fully saturated rings. The van der Waals surface area contributed by atoms with Crippen molar-refractivity contribution in [2.75, 3.05) is 5.32 Å². The molecule has 0 aliphatic heterocycles. The number of benzene rings is 2. The van der Waals surface area contributed by atoms with Gasteiger partial charge in [0.1, 0.15) is 5.00 Å². The molecule has 2 heterocycles. The number of amides is 2. The van der Waals surface area contributed by atoms with Crippen molar-refractivity contribution < 1.29 is 9.59 Å². The van der Waals surface area contributed by atoms with Crippen molar-refractivity contribution >= 4 is 39.1 Å². The van der Waals surface area contributed by atoms with Crippen LogP contribution in [-0.2, 0) is 0 Å². The first-order valence-electron chi connectivity index (χ1n) is 8.87. The molecule has 0 saturated carbocycles. The Balaban J connectivity index is 1.81. The minimum Gasteiger partial charge on any atom is -0.365 e. The predicted molar refractivity (Wildman–Crippen MR) is 116 cm³/mol. The third-order valence-electron chi connectivity index (χ3n) is 4.62. The zero-order valence-corrected chi connectivity index (χ0v) is 16.3. The van der Waals surface area contributed by atoms with Crippen LogP contribution in [-0.4, -0.2) is 16.8 Å². The third-order valence-corrected chi connectivity index (χ3v) is 5.64. The number of para-hydroxylation sites is 1. The fourth-order valence-electron chi connectivity index (χ4n) is 3.38. The number of hydrogen-bond acceptors (Lipinski definition) is 4.